The monoisotopic (exact) mass is 303 g/mol. The second-order valence-corrected chi connectivity index (χ2v) is 6.43. The lowest BCUT2D eigenvalue weighted by Crippen LogP contribution is -2.33. The van der Waals surface area contributed by atoms with Crippen LogP contribution in [0.15, 0.2) is 30.5 Å². The summed E-state index contributed by atoms with van der Waals surface area (Å²) in [5.41, 5.74) is 0.589. The van der Waals surface area contributed by atoms with Crippen LogP contribution in [-0.4, -0.2) is 23.5 Å². The number of thiophene rings is 1. The van der Waals surface area contributed by atoms with Gasteiger partial charge in [0.15, 0.2) is 0 Å². The highest BCUT2D eigenvalue weighted by Crippen LogP contribution is 2.16. The van der Waals surface area contributed by atoms with E-state index in [1.54, 1.807) is 23.6 Å². The van der Waals surface area contributed by atoms with Gasteiger partial charge in [-0.05, 0) is 45.0 Å². The Morgan fingerprint density at radius 3 is 2.71 bits per heavy atom. The van der Waals surface area contributed by atoms with Crippen molar-refractivity contribution < 1.29 is 4.79 Å². The molecule has 2 N–H and O–H groups in total. The van der Waals surface area contributed by atoms with Crippen LogP contribution < -0.4 is 10.6 Å². The number of carbonyl (C=O) groups excluding carboxylic acids is 1. The van der Waals surface area contributed by atoms with Crippen molar-refractivity contribution in [2.75, 3.05) is 11.9 Å². The summed E-state index contributed by atoms with van der Waals surface area (Å²) in [4.78, 5) is 19.0. The predicted octanol–water partition coefficient (Wildman–Crippen LogP) is 3.24. The molecule has 112 valence electrons. The topological polar surface area (TPSA) is 54.0 Å². The molecule has 2 aromatic heterocycles. The lowest BCUT2D eigenvalue weighted by atomic mass is 10.2. The molecule has 21 heavy (non-hydrogen) atoms. The highest BCUT2D eigenvalue weighted by atomic mass is 32.1. The fourth-order valence-corrected chi connectivity index (χ4v) is 3.09. The summed E-state index contributed by atoms with van der Waals surface area (Å²) in [6.07, 6.45) is 2.46. The fraction of sp³-hybridized carbons (Fsp3) is 0.375. The minimum atomic E-state index is -0.0775. The molecule has 2 aromatic rings. The molecule has 1 atom stereocenters. The van der Waals surface area contributed by atoms with Crippen molar-refractivity contribution in [3.05, 3.63) is 45.8 Å². The maximum atomic E-state index is 12.2. The van der Waals surface area contributed by atoms with E-state index in [1.165, 1.54) is 9.75 Å². The molecule has 2 rings (SSSR count). The Labute approximate surface area is 129 Å². The van der Waals surface area contributed by atoms with E-state index < -0.39 is 0 Å². The standard InChI is InChI=1S/C16H21N3OS/c1-4-17-15-8-6-13(10-18-15)16(20)19-11(2)9-14-7-5-12(3)21-14/h5-8,10-11H,4,9H2,1-3H3,(H,17,18)(H,19,20). The minimum Gasteiger partial charge on any atom is -0.370 e. The van der Waals surface area contributed by atoms with Gasteiger partial charge in [-0.25, -0.2) is 4.98 Å². The van der Waals surface area contributed by atoms with E-state index in [-0.39, 0.29) is 11.9 Å². The van der Waals surface area contributed by atoms with Gasteiger partial charge in [0, 0.05) is 35.0 Å². The molecular weight excluding hydrogens is 282 g/mol. The van der Waals surface area contributed by atoms with E-state index in [2.05, 4.69) is 34.7 Å². The summed E-state index contributed by atoms with van der Waals surface area (Å²) >= 11 is 1.77. The lowest BCUT2D eigenvalue weighted by molar-refractivity contribution is 0.0940. The van der Waals surface area contributed by atoms with E-state index in [4.69, 9.17) is 0 Å². The summed E-state index contributed by atoms with van der Waals surface area (Å²) < 4.78 is 0. The number of aryl methyl sites for hydroxylation is 1. The van der Waals surface area contributed by atoms with Gasteiger partial charge in [-0.3, -0.25) is 4.79 Å². The Balaban J connectivity index is 1.90. The second-order valence-electron chi connectivity index (χ2n) is 5.05. The van der Waals surface area contributed by atoms with E-state index in [0.29, 0.717) is 5.56 Å². The first-order chi connectivity index (χ1) is 10.1. The zero-order chi connectivity index (χ0) is 15.2. The summed E-state index contributed by atoms with van der Waals surface area (Å²) in [7, 11) is 0. The van der Waals surface area contributed by atoms with Crippen LogP contribution in [-0.2, 0) is 6.42 Å². The first kappa shape index (κ1) is 15.5. The Kier molecular flexibility index (Phi) is 5.33. The number of carbonyl (C=O) groups is 1. The van der Waals surface area contributed by atoms with Crippen LogP contribution in [0.2, 0.25) is 0 Å². The van der Waals surface area contributed by atoms with Gasteiger partial charge in [-0.1, -0.05) is 0 Å². The molecule has 1 unspecified atom stereocenters. The molecule has 0 radical (unpaired) electrons. The Morgan fingerprint density at radius 2 is 2.14 bits per heavy atom. The zero-order valence-corrected chi connectivity index (χ0v) is 13.5. The number of hydrogen-bond donors (Lipinski definition) is 2. The van der Waals surface area contributed by atoms with Crippen LogP contribution in [0.25, 0.3) is 0 Å². The average Bonchev–Trinajstić information content (AvgIpc) is 2.85. The number of rotatable bonds is 6. The van der Waals surface area contributed by atoms with Crippen molar-refractivity contribution in [2.45, 2.75) is 33.2 Å². The Hall–Kier alpha value is -1.88. The molecule has 4 nitrogen and oxygen atoms in total. The molecule has 0 aromatic carbocycles. The van der Waals surface area contributed by atoms with Gasteiger partial charge in [0.25, 0.3) is 5.91 Å². The molecule has 0 bridgehead atoms. The number of nitrogens with zero attached hydrogens (tertiary/aromatic N) is 1. The summed E-state index contributed by atoms with van der Waals surface area (Å²) in [6, 6.07) is 7.95. The SMILES string of the molecule is CCNc1ccc(C(=O)NC(C)Cc2ccc(C)s2)cn1. The van der Waals surface area contributed by atoms with Crippen LogP contribution in [0, 0.1) is 6.92 Å². The van der Waals surface area contributed by atoms with E-state index in [1.807, 2.05) is 19.9 Å². The normalized spacial score (nSPS) is 12.0. The first-order valence-electron chi connectivity index (χ1n) is 7.14. The van der Waals surface area contributed by atoms with E-state index in [9.17, 15) is 4.79 Å². The van der Waals surface area contributed by atoms with E-state index in [0.717, 1.165) is 18.8 Å². The van der Waals surface area contributed by atoms with Gasteiger partial charge in [0.1, 0.15) is 5.82 Å². The van der Waals surface area contributed by atoms with Crippen molar-refractivity contribution in [3.8, 4) is 0 Å². The van der Waals surface area contributed by atoms with Crippen LogP contribution >= 0.6 is 11.3 Å². The smallest absolute Gasteiger partial charge is 0.253 e. The average molecular weight is 303 g/mol. The summed E-state index contributed by atoms with van der Waals surface area (Å²) in [6.45, 7) is 6.94. The van der Waals surface area contributed by atoms with Crippen LogP contribution in [0.3, 0.4) is 0 Å². The molecule has 1 amide bonds. The van der Waals surface area contributed by atoms with Gasteiger partial charge in [-0.2, -0.15) is 0 Å². The third kappa shape index (κ3) is 4.56. The van der Waals surface area contributed by atoms with Gasteiger partial charge in [0.05, 0.1) is 5.56 Å². The van der Waals surface area contributed by atoms with Crippen LogP contribution in [0.4, 0.5) is 5.82 Å². The molecule has 0 aliphatic rings. The van der Waals surface area contributed by atoms with Gasteiger partial charge in [-0.15, -0.1) is 11.3 Å². The van der Waals surface area contributed by atoms with Crippen molar-refractivity contribution in [3.63, 3.8) is 0 Å². The van der Waals surface area contributed by atoms with Crippen molar-refractivity contribution >= 4 is 23.1 Å². The van der Waals surface area contributed by atoms with E-state index >= 15 is 0 Å². The number of anilines is 1. The number of hydrogen-bond acceptors (Lipinski definition) is 4. The van der Waals surface area contributed by atoms with Crippen LogP contribution in [0.1, 0.15) is 34.0 Å². The minimum absolute atomic E-state index is 0.0775. The quantitative estimate of drug-likeness (QED) is 0.861. The molecule has 0 fully saturated rings. The third-order valence-electron chi connectivity index (χ3n) is 3.06. The van der Waals surface area contributed by atoms with Gasteiger partial charge >= 0.3 is 0 Å². The maximum Gasteiger partial charge on any atom is 0.253 e. The fourth-order valence-electron chi connectivity index (χ4n) is 2.07. The molecule has 0 spiro atoms. The number of amides is 1. The lowest BCUT2D eigenvalue weighted by Gasteiger charge is -2.13. The third-order valence-corrected chi connectivity index (χ3v) is 4.09. The number of nitrogens with one attached hydrogen (secondary N) is 2. The summed E-state index contributed by atoms with van der Waals surface area (Å²) in [5, 5.41) is 6.12. The maximum absolute atomic E-state index is 12.2. The highest BCUT2D eigenvalue weighted by Gasteiger charge is 2.11. The Bertz CT molecular complexity index is 592. The van der Waals surface area contributed by atoms with Crippen LogP contribution in [0.5, 0.6) is 0 Å². The van der Waals surface area contributed by atoms with Gasteiger partial charge in [0.2, 0.25) is 0 Å². The molecule has 5 heteroatoms. The van der Waals surface area contributed by atoms with Crippen molar-refractivity contribution in [1.29, 1.82) is 0 Å². The molecule has 0 saturated heterocycles. The molecule has 0 aliphatic carbocycles. The number of pyridine rings is 1. The zero-order valence-electron chi connectivity index (χ0n) is 12.6. The van der Waals surface area contributed by atoms with Crippen molar-refractivity contribution in [1.82, 2.24) is 10.3 Å². The number of aromatic nitrogens is 1. The first-order valence-corrected chi connectivity index (χ1v) is 7.96. The highest BCUT2D eigenvalue weighted by molar-refractivity contribution is 7.11. The summed E-state index contributed by atoms with van der Waals surface area (Å²) in [5.74, 6) is 0.711. The molecule has 0 aliphatic heterocycles. The largest absolute Gasteiger partial charge is 0.370 e. The molecule has 0 saturated carbocycles. The molecular formula is C16H21N3OS. The van der Waals surface area contributed by atoms with Gasteiger partial charge < -0.3 is 10.6 Å². The second kappa shape index (κ2) is 7.22. The van der Waals surface area contributed by atoms with Crippen molar-refractivity contribution in [2.24, 2.45) is 0 Å². The molecule has 2 heterocycles. The predicted molar refractivity (Wildman–Crippen MR) is 88.1 cm³/mol. The Morgan fingerprint density at radius 1 is 1.33 bits per heavy atom.